The molecule has 0 aliphatic rings. The van der Waals surface area contributed by atoms with Crippen molar-refractivity contribution in [2.75, 3.05) is 0 Å². The third-order valence-corrected chi connectivity index (χ3v) is 5.15. The molecule has 0 saturated heterocycles. The predicted molar refractivity (Wildman–Crippen MR) is 110 cm³/mol. The molecule has 2 aromatic carbocycles. The van der Waals surface area contributed by atoms with Crippen LogP contribution in [-0.4, -0.2) is 14.3 Å². The van der Waals surface area contributed by atoms with E-state index in [2.05, 4.69) is 15.9 Å². The van der Waals surface area contributed by atoms with Crippen LogP contribution < -0.4 is 0 Å². The standard InChI is InChI=1S/C21H16BrN3O3/c22-20-19(16-8-10-18(11-9-16)25(26)27)23-21-17(7-4-12-24(20)21)14-28-13-15-5-2-1-3-6-15/h1-12H,13-14H2. The third-order valence-electron chi connectivity index (χ3n) is 4.39. The van der Waals surface area contributed by atoms with Crippen LogP contribution in [0.25, 0.3) is 16.9 Å². The number of nitro groups is 1. The molecule has 2 aromatic heterocycles. The first-order valence-electron chi connectivity index (χ1n) is 8.65. The Morgan fingerprint density at radius 1 is 1.00 bits per heavy atom. The maximum Gasteiger partial charge on any atom is 0.269 e. The number of halogens is 1. The predicted octanol–water partition coefficient (Wildman–Crippen LogP) is 5.39. The largest absolute Gasteiger partial charge is 0.372 e. The Morgan fingerprint density at radius 3 is 2.46 bits per heavy atom. The minimum atomic E-state index is -0.412. The first-order valence-corrected chi connectivity index (χ1v) is 9.45. The number of pyridine rings is 1. The summed E-state index contributed by atoms with van der Waals surface area (Å²) < 4.78 is 8.60. The molecule has 4 rings (SSSR count). The molecule has 0 bridgehead atoms. The molecular weight excluding hydrogens is 422 g/mol. The van der Waals surface area contributed by atoms with Crippen LogP contribution in [0, 0.1) is 10.1 Å². The average molecular weight is 438 g/mol. The average Bonchev–Trinajstić information content (AvgIpc) is 3.06. The summed E-state index contributed by atoms with van der Waals surface area (Å²) in [5, 5.41) is 10.9. The van der Waals surface area contributed by atoms with Crippen molar-refractivity contribution in [1.29, 1.82) is 0 Å². The molecule has 7 heteroatoms. The fourth-order valence-corrected chi connectivity index (χ4v) is 3.59. The number of nitro benzene ring substituents is 1. The molecule has 0 radical (unpaired) electrons. The molecule has 140 valence electrons. The number of hydrogen-bond donors (Lipinski definition) is 0. The Kier molecular flexibility index (Phi) is 5.18. The van der Waals surface area contributed by atoms with Crippen molar-refractivity contribution < 1.29 is 9.66 Å². The second-order valence-corrected chi connectivity index (χ2v) is 7.01. The normalized spacial score (nSPS) is 11.0. The van der Waals surface area contributed by atoms with E-state index in [0.717, 1.165) is 32.6 Å². The molecule has 28 heavy (non-hydrogen) atoms. The SMILES string of the molecule is O=[N+]([O-])c1ccc(-c2nc3c(COCc4ccccc4)cccn3c2Br)cc1. The zero-order valence-corrected chi connectivity index (χ0v) is 16.4. The van der Waals surface area contributed by atoms with Gasteiger partial charge in [-0.25, -0.2) is 4.98 Å². The number of imidazole rings is 1. The second kappa shape index (κ2) is 7.92. The fourth-order valence-electron chi connectivity index (χ4n) is 2.99. The lowest BCUT2D eigenvalue weighted by molar-refractivity contribution is -0.384. The maximum atomic E-state index is 10.9. The van der Waals surface area contributed by atoms with Gasteiger partial charge in [0.25, 0.3) is 5.69 Å². The Hall–Kier alpha value is -3.03. The lowest BCUT2D eigenvalue weighted by atomic mass is 10.1. The van der Waals surface area contributed by atoms with Gasteiger partial charge in [-0.1, -0.05) is 36.4 Å². The summed E-state index contributed by atoms with van der Waals surface area (Å²) in [6.07, 6.45) is 1.92. The Labute approximate surface area is 169 Å². The first kappa shape index (κ1) is 18.3. The van der Waals surface area contributed by atoms with Gasteiger partial charge >= 0.3 is 0 Å². The number of aromatic nitrogens is 2. The molecule has 0 fully saturated rings. The van der Waals surface area contributed by atoms with E-state index >= 15 is 0 Å². The highest BCUT2D eigenvalue weighted by Crippen LogP contribution is 2.31. The molecule has 0 N–H and O–H groups in total. The van der Waals surface area contributed by atoms with E-state index in [1.807, 2.05) is 53.1 Å². The molecule has 0 atom stereocenters. The van der Waals surface area contributed by atoms with Gasteiger partial charge in [0.2, 0.25) is 0 Å². The fraction of sp³-hybridized carbons (Fsp3) is 0.0952. The van der Waals surface area contributed by atoms with Gasteiger partial charge in [-0.2, -0.15) is 0 Å². The van der Waals surface area contributed by atoms with Crippen molar-refractivity contribution in [3.63, 3.8) is 0 Å². The minimum Gasteiger partial charge on any atom is -0.372 e. The Balaban J connectivity index is 1.61. The summed E-state index contributed by atoms with van der Waals surface area (Å²) in [6.45, 7) is 0.960. The molecule has 0 aliphatic heterocycles. The van der Waals surface area contributed by atoms with Gasteiger partial charge in [0.05, 0.1) is 18.1 Å². The molecule has 0 unspecified atom stereocenters. The third kappa shape index (κ3) is 3.67. The van der Waals surface area contributed by atoms with Crippen LogP contribution in [0.2, 0.25) is 0 Å². The van der Waals surface area contributed by atoms with Gasteiger partial charge in [0, 0.05) is 29.5 Å². The summed E-state index contributed by atoms with van der Waals surface area (Å²) in [4.78, 5) is 15.2. The van der Waals surface area contributed by atoms with Crippen molar-refractivity contribution in [2.45, 2.75) is 13.2 Å². The number of nitrogens with zero attached hydrogens (tertiary/aromatic N) is 3. The van der Waals surface area contributed by atoms with Crippen molar-refractivity contribution >= 4 is 27.3 Å². The van der Waals surface area contributed by atoms with Gasteiger partial charge < -0.3 is 4.74 Å². The number of fused-ring (bicyclic) bond motifs is 1. The van der Waals surface area contributed by atoms with E-state index in [-0.39, 0.29) is 5.69 Å². The minimum absolute atomic E-state index is 0.0543. The van der Waals surface area contributed by atoms with E-state index in [1.54, 1.807) is 12.1 Å². The zero-order chi connectivity index (χ0) is 19.5. The monoisotopic (exact) mass is 437 g/mol. The summed E-state index contributed by atoms with van der Waals surface area (Å²) >= 11 is 3.60. The number of rotatable bonds is 6. The van der Waals surface area contributed by atoms with E-state index < -0.39 is 4.92 Å². The van der Waals surface area contributed by atoms with Crippen LogP contribution in [0.1, 0.15) is 11.1 Å². The lowest BCUT2D eigenvalue weighted by Crippen LogP contribution is -1.97. The summed E-state index contributed by atoms with van der Waals surface area (Å²) in [5.74, 6) is 0. The highest BCUT2D eigenvalue weighted by Gasteiger charge is 2.15. The highest BCUT2D eigenvalue weighted by molar-refractivity contribution is 9.10. The summed E-state index contributed by atoms with van der Waals surface area (Å²) in [7, 11) is 0. The first-order chi connectivity index (χ1) is 13.6. The Morgan fingerprint density at radius 2 is 1.75 bits per heavy atom. The van der Waals surface area contributed by atoms with E-state index in [9.17, 15) is 10.1 Å². The zero-order valence-electron chi connectivity index (χ0n) is 14.8. The molecule has 0 saturated carbocycles. The van der Waals surface area contributed by atoms with Gasteiger partial charge in [-0.05, 0) is 39.7 Å². The molecule has 0 amide bonds. The van der Waals surface area contributed by atoms with Crippen LogP contribution in [0.15, 0.2) is 77.5 Å². The summed E-state index contributed by atoms with van der Waals surface area (Å²) in [6, 6.07) is 20.3. The van der Waals surface area contributed by atoms with Gasteiger partial charge in [-0.3, -0.25) is 14.5 Å². The molecule has 4 aromatic rings. The van der Waals surface area contributed by atoms with Crippen molar-refractivity contribution in [1.82, 2.24) is 9.38 Å². The molecule has 2 heterocycles. The van der Waals surface area contributed by atoms with Gasteiger partial charge in [0.1, 0.15) is 15.9 Å². The lowest BCUT2D eigenvalue weighted by Gasteiger charge is -2.06. The molecule has 0 spiro atoms. The number of ether oxygens (including phenoxy) is 1. The highest BCUT2D eigenvalue weighted by atomic mass is 79.9. The van der Waals surface area contributed by atoms with Crippen molar-refractivity contribution in [2.24, 2.45) is 0 Å². The van der Waals surface area contributed by atoms with Crippen LogP contribution in [0.5, 0.6) is 0 Å². The maximum absolute atomic E-state index is 10.9. The number of benzene rings is 2. The van der Waals surface area contributed by atoms with Crippen molar-refractivity contribution in [3.05, 3.63) is 98.8 Å². The van der Waals surface area contributed by atoms with Crippen LogP contribution in [0.4, 0.5) is 5.69 Å². The van der Waals surface area contributed by atoms with E-state index in [1.165, 1.54) is 12.1 Å². The van der Waals surface area contributed by atoms with Crippen LogP contribution in [-0.2, 0) is 18.0 Å². The second-order valence-electron chi connectivity index (χ2n) is 6.26. The van der Waals surface area contributed by atoms with Crippen LogP contribution in [0.3, 0.4) is 0 Å². The molecular formula is C21H16BrN3O3. The van der Waals surface area contributed by atoms with Crippen LogP contribution >= 0.6 is 15.9 Å². The Bertz CT molecular complexity index is 1130. The van der Waals surface area contributed by atoms with E-state index in [4.69, 9.17) is 9.72 Å². The summed E-state index contributed by atoms with van der Waals surface area (Å²) in [5.41, 5.74) is 4.45. The van der Waals surface area contributed by atoms with Gasteiger partial charge in [-0.15, -0.1) is 0 Å². The van der Waals surface area contributed by atoms with Crippen molar-refractivity contribution in [3.8, 4) is 11.3 Å². The number of hydrogen-bond acceptors (Lipinski definition) is 4. The molecule has 6 nitrogen and oxygen atoms in total. The quantitative estimate of drug-likeness (QED) is 0.299. The van der Waals surface area contributed by atoms with E-state index in [0.29, 0.717) is 13.2 Å². The van der Waals surface area contributed by atoms with Gasteiger partial charge in [0.15, 0.2) is 0 Å². The topological polar surface area (TPSA) is 69.7 Å². The smallest absolute Gasteiger partial charge is 0.269 e. The molecule has 0 aliphatic carbocycles. The number of non-ortho nitro benzene ring substituents is 1.